The zero-order valence-electron chi connectivity index (χ0n) is 20.1. The number of nitrogens with two attached hydrogens (primary N) is 1. The van der Waals surface area contributed by atoms with Gasteiger partial charge in [-0.15, -0.1) is 0 Å². The molecule has 0 aliphatic carbocycles. The summed E-state index contributed by atoms with van der Waals surface area (Å²) in [6.07, 6.45) is -4.93. The van der Waals surface area contributed by atoms with Gasteiger partial charge in [0.15, 0.2) is 0 Å². The molecule has 0 unspecified atom stereocenters. The van der Waals surface area contributed by atoms with Crippen molar-refractivity contribution in [1.82, 2.24) is 10.6 Å². The number of carbonyl (C=O) groups is 2. The van der Waals surface area contributed by atoms with Gasteiger partial charge in [-0.3, -0.25) is 9.59 Å². The van der Waals surface area contributed by atoms with Crippen LogP contribution in [0.4, 0.5) is 24.5 Å². The average Bonchev–Trinajstić information content (AvgIpc) is 2.73. The largest absolute Gasteiger partial charge is 0.416 e. The van der Waals surface area contributed by atoms with Gasteiger partial charge in [-0.1, -0.05) is 37.1 Å². The highest BCUT2D eigenvalue weighted by atomic mass is 19.4. The molecular formula is C25H33F3N4O3. The van der Waals surface area contributed by atoms with Gasteiger partial charge in [-0.2, -0.15) is 13.2 Å². The molecule has 35 heavy (non-hydrogen) atoms. The lowest BCUT2D eigenvalue weighted by Gasteiger charge is -2.24. The van der Waals surface area contributed by atoms with E-state index in [2.05, 4.69) is 22.0 Å². The van der Waals surface area contributed by atoms with Crippen molar-refractivity contribution in [2.24, 2.45) is 0 Å². The Bertz CT molecular complexity index is 1030. The van der Waals surface area contributed by atoms with Gasteiger partial charge in [0.25, 0.3) is 0 Å². The average molecular weight is 495 g/mol. The second kappa shape index (κ2) is 12.6. The molecule has 0 spiro atoms. The molecule has 0 aromatic heterocycles. The Morgan fingerprint density at radius 3 is 2.43 bits per heavy atom. The van der Waals surface area contributed by atoms with Crippen LogP contribution in [0.2, 0.25) is 0 Å². The molecular weight excluding hydrogens is 461 g/mol. The van der Waals surface area contributed by atoms with Crippen LogP contribution in [0.15, 0.2) is 36.4 Å². The first-order chi connectivity index (χ1) is 16.4. The van der Waals surface area contributed by atoms with Crippen LogP contribution in [0, 0.1) is 13.8 Å². The van der Waals surface area contributed by atoms with Gasteiger partial charge in [0.05, 0.1) is 17.7 Å². The number of amides is 2. The molecule has 0 radical (unpaired) electrons. The number of hydrogen-bond donors (Lipinski definition) is 5. The van der Waals surface area contributed by atoms with E-state index in [0.29, 0.717) is 19.4 Å². The molecule has 2 aromatic carbocycles. The number of alkyl halides is 3. The van der Waals surface area contributed by atoms with Gasteiger partial charge in [-0.25, -0.2) is 0 Å². The molecule has 192 valence electrons. The molecule has 2 atom stereocenters. The van der Waals surface area contributed by atoms with Crippen molar-refractivity contribution in [3.8, 4) is 0 Å². The summed E-state index contributed by atoms with van der Waals surface area (Å²) in [6.45, 7) is 6.72. The summed E-state index contributed by atoms with van der Waals surface area (Å²) in [7, 11) is 0. The van der Waals surface area contributed by atoms with E-state index in [0.717, 1.165) is 28.8 Å². The predicted molar refractivity (Wildman–Crippen MR) is 130 cm³/mol. The maximum absolute atomic E-state index is 13.0. The van der Waals surface area contributed by atoms with Gasteiger partial charge < -0.3 is 26.8 Å². The molecule has 6 N–H and O–H groups in total. The van der Waals surface area contributed by atoms with Crippen LogP contribution in [-0.2, 0) is 22.3 Å². The van der Waals surface area contributed by atoms with E-state index in [-0.39, 0.29) is 17.9 Å². The smallest absolute Gasteiger partial charge is 0.399 e. The number of hydrogen-bond acceptors (Lipinski definition) is 5. The summed E-state index contributed by atoms with van der Waals surface area (Å²) in [5.74, 6) is -1.45. The van der Waals surface area contributed by atoms with Crippen LogP contribution in [0.1, 0.15) is 48.4 Å². The van der Waals surface area contributed by atoms with Crippen molar-refractivity contribution in [3.63, 3.8) is 0 Å². The zero-order valence-corrected chi connectivity index (χ0v) is 20.1. The van der Waals surface area contributed by atoms with Crippen LogP contribution in [-0.4, -0.2) is 35.6 Å². The minimum atomic E-state index is -4.63. The Hall–Kier alpha value is -3.11. The molecule has 10 heteroatoms. The summed E-state index contributed by atoms with van der Waals surface area (Å²) < 4.78 is 38.9. The zero-order chi connectivity index (χ0) is 26.2. The lowest BCUT2D eigenvalue weighted by Crippen LogP contribution is -2.49. The standard InChI is InChI=1S/C25H33F3N4O3/c1-4-5-22(33)21(14-30-13-17-7-6-15(2)8-16(17)3)32-24(35)12-23(34)31-20-10-18(25(26,27)28)9-19(29)11-20/h6-11,21-22,30,33H,4-5,12-14,29H2,1-3H3,(H,31,34)(H,32,35)/t21-,22-/m0/s1. The molecule has 0 saturated carbocycles. The van der Waals surface area contributed by atoms with Gasteiger partial charge in [-0.05, 0) is 49.6 Å². The number of aliphatic hydroxyl groups excluding tert-OH is 1. The third-order valence-electron chi connectivity index (χ3n) is 5.46. The summed E-state index contributed by atoms with van der Waals surface area (Å²) in [5, 5.41) is 18.6. The Labute approximate surface area is 203 Å². The summed E-state index contributed by atoms with van der Waals surface area (Å²) in [5.41, 5.74) is 7.53. The SMILES string of the molecule is CCC[C@H](O)[C@H](CNCc1ccc(C)cc1C)NC(=O)CC(=O)Nc1cc(N)cc(C(F)(F)F)c1. The fourth-order valence-corrected chi connectivity index (χ4v) is 3.68. The summed E-state index contributed by atoms with van der Waals surface area (Å²) in [6, 6.07) is 8.12. The third kappa shape index (κ3) is 9.22. The minimum absolute atomic E-state index is 0.159. The fourth-order valence-electron chi connectivity index (χ4n) is 3.68. The second-order valence-electron chi connectivity index (χ2n) is 8.66. The van der Waals surface area contributed by atoms with E-state index in [9.17, 15) is 27.9 Å². The van der Waals surface area contributed by atoms with Crippen molar-refractivity contribution in [2.45, 2.75) is 64.9 Å². The van der Waals surface area contributed by atoms with Gasteiger partial charge >= 0.3 is 6.18 Å². The Balaban J connectivity index is 1.96. The van der Waals surface area contributed by atoms with Crippen molar-refractivity contribution in [3.05, 3.63) is 58.7 Å². The number of halogens is 3. The van der Waals surface area contributed by atoms with E-state index in [1.54, 1.807) is 0 Å². The van der Waals surface area contributed by atoms with E-state index in [1.165, 1.54) is 6.07 Å². The highest BCUT2D eigenvalue weighted by Crippen LogP contribution is 2.32. The fraction of sp³-hybridized carbons (Fsp3) is 0.440. The highest BCUT2D eigenvalue weighted by Gasteiger charge is 2.31. The van der Waals surface area contributed by atoms with Crippen molar-refractivity contribution in [1.29, 1.82) is 0 Å². The molecule has 0 aliphatic heterocycles. The lowest BCUT2D eigenvalue weighted by molar-refractivity contribution is -0.137. The molecule has 2 amide bonds. The lowest BCUT2D eigenvalue weighted by atomic mass is 10.0. The highest BCUT2D eigenvalue weighted by molar-refractivity contribution is 6.03. The van der Waals surface area contributed by atoms with Gasteiger partial charge in [0, 0.05) is 24.5 Å². The van der Waals surface area contributed by atoms with E-state index in [1.807, 2.05) is 32.9 Å². The van der Waals surface area contributed by atoms with E-state index in [4.69, 9.17) is 5.73 Å². The number of anilines is 2. The minimum Gasteiger partial charge on any atom is -0.399 e. The first-order valence-corrected chi connectivity index (χ1v) is 11.4. The summed E-state index contributed by atoms with van der Waals surface area (Å²) >= 11 is 0. The van der Waals surface area contributed by atoms with Crippen LogP contribution in [0.3, 0.4) is 0 Å². The number of rotatable bonds is 11. The molecule has 0 saturated heterocycles. The van der Waals surface area contributed by atoms with Crippen LogP contribution < -0.4 is 21.7 Å². The Morgan fingerprint density at radius 2 is 1.80 bits per heavy atom. The van der Waals surface area contributed by atoms with Crippen molar-refractivity contribution in [2.75, 3.05) is 17.6 Å². The van der Waals surface area contributed by atoms with Gasteiger partial charge in [0.1, 0.15) is 6.42 Å². The van der Waals surface area contributed by atoms with Crippen molar-refractivity contribution >= 4 is 23.2 Å². The number of nitrogen functional groups attached to an aromatic ring is 1. The normalized spacial score (nSPS) is 13.2. The maximum Gasteiger partial charge on any atom is 0.416 e. The molecule has 0 fully saturated rings. The molecule has 0 aliphatic rings. The summed E-state index contributed by atoms with van der Waals surface area (Å²) in [4.78, 5) is 24.7. The number of nitrogens with one attached hydrogen (secondary N) is 3. The Morgan fingerprint density at radius 1 is 1.09 bits per heavy atom. The monoisotopic (exact) mass is 494 g/mol. The van der Waals surface area contributed by atoms with E-state index >= 15 is 0 Å². The first kappa shape index (κ1) is 28.1. The molecule has 0 heterocycles. The van der Waals surface area contributed by atoms with Crippen LogP contribution >= 0.6 is 0 Å². The Kier molecular flexibility index (Phi) is 10.1. The molecule has 7 nitrogen and oxygen atoms in total. The quantitative estimate of drug-likeness (QED) is 0.241. The number of aliphatic hydroxyl groups is 1. The molecule has 2 rings (SSSR count). The predicted octanol–water partition coefficient (Wildman–Crippen LogP) is 3.67. The van der Waals surface area contributed by atoms with Crippen LogP contribution in [0.25, 0.3) is 0 Å². The first-order valence-electron chi connectivity index (χ1n) is 11.4. The second-order valence-corrected chi connectivity index (χ2v) is 8.66. The van der Waals surface area contributed by atoms with Crippen LogP contribution in [0.5, 0.6) is 0 Å². The maximum atomic E-state index is 13.0. The van der Waals surface area contributed by atoms with Crippen molar-refractivity contribution < 1.29 is 27.9 Å². The third-order valence-corrected chi connectivity index (χ3v) is 5.46. The molecule has 2 aromatic rings. The topological polar surface area (TPSA) is 116 Å². The van der Waals surface area contributed by atoms with E-state index < -0.39 is 42.1 Å². The molecule has 0 bridgehead atoms. The number of aryl methyl sites for hydroxylation is 2. The van der Waals surface area contributed by atoms with Gasteiger partial charge in [0.2, 0.25) is 11.8 Å². The number of benzene rings is 2. The number of carbonyl (C=O) groups excluding carboxylic acids is 2.